The van der Waals surface area contributed by atoms with Gasteiger partial charge in [-0.1, -0.05) is 26.8 Å². The van der Waals surface area contributed by atoms with Crippen LogP contribution >= 0.6 is 0 Å². The molecule has 0 saturated carbocycles. The highest BCUT2D eigenvalue weighted by atomic mass is 15.2. The van der Waals surface area contributed by atoms with Crippen LogP contribution in [0.15, 0.2) is 18.2 Å². The molecule has 114 valence electrons. The number of fused-ring (bicyclic) bond motifs is 1. The lowest BCUT2D eigenvalue weighted by molar-refractivity contribution is 0.318. The van der Waals surface area contributed by atoms with E-state index < -0.39 is 0 Å². The Hall–Kier alpha value is -1.55. The summed E-state index contributed by atoms with van der Waals surface area (Å²) in [5.74, 6) is 1.13. The smallest absolute Gasteiger partial charge is 0.115 e. The van der Waals surface area contributed by atoms with E-state index in [0.717, 1.165) is 30.1 Å². The second kappa shape index (κ2) is 5.34. The van der Waals surface area contributed by atoms with Crippen LogP contribution in [0.2, 0.25) is 0 Å². The van der Waals surface area contributed by atoms with Gasteiger partial charge in [0.2, 0.25) is 0 Å². The Kier molecular flexibility index (Phi) is 3.66. The fourth-order valence-electron chi connectivity index (χ4n) is 3.22. The molecule has 1 aliphatic heterocycles. The van der Waals surface area contributed by atoms with Crippen LogP contribution in [-0.4, -0.2) is 34.1 Å². The summed E-state index contributed by atoms with van der Waals surface area (Å²) in [6.07, 6.45) is 2.67. The van der Waals surface area contributed by atoms with Crippen LogP contribution in [0.1, 0.15) is 39.4 Å². The first-order valence-electron chi connectivity index (χ1n) is 7.94. The number of aromatic nitrogens is 2. The third kappa shape index (κ3) is 2.77. The highest BCUT2D eigenvalue weighted by Crippen LogP contribution is 2.29. The predicted octanol–water partition coefficient (Wildman–Crippen LogP) is 3.01. The van der Waals surface area contributed by atoms with Crippen LogP contribution < -0.4 is 5.73 Å². The number of anilines is 1. The van der Waals surface area contributed by atoms with Crippen LogP contribution in [-0.2, 0) is 12.0 Å². The summed E-state index contributed by atoms with van der Waals surface area (Å²) in [7, 11) is 0. The summed E-state index contributed by atoms with van der Waals surface area (Å²) in [6, 6.07) is 6.10. The highest BCUT2D eigenvalue weighted by Gasteiger charge is 2.24. The topological polar surface area (TPSA) is 47.1 Å². The van der Waals surface area contributed by atoms with Crippen LogP contribution in [0.4, 0.5) is 5.69 Å². The van der Waals surface area contributed by atoms with Crippen molar-refractivity contribution in [2.45, 2.75) is 45.6 Å². The molecular formula is C17H26N4. The monoisotopic (exact) mass is 286 g/mol. The van der Waals surface area contributed by atoms with E-state index in [2.05, 4.69) is 36.3 Å². The van der Waals surface area contributed by atoms with Crippen molar-refractivity contribution in [1.82, 2.24) is 14.5 Å². The van der Waals surface area contributed by atoms with Crippen molar-refractivity contribution in [2.24, 2.45) is 0 Å². The summed E-state index contributed by atoms with van der Waals surface area (Å²) in [4.78, 5) is 7.39. The fraction of sp³-hybridized carbons (Fsp3) is 0.588. The Balaban J connectivity index is 1.99. The molecule has 1 aromatic carbocycles. The van der Waals surface area contributed by atoms with E-state index in [1.165, 1.54) is 31.4 Å². The standard InChI is InChI=1S/C17H26N4/c1-17(2,3)16-19-15-13(18)7-6-8-14(15)21(16)12-11-20-9-4-5-10-20/h6-8H,4-5,9-12,18H2,1-3H3. The number of para-hydroxylation sites is 1. The van der Waals surface area contributed by atoms with Gasteiger partial charge in [-0.15, -0.1) is 0 Å². The minimum atomic E-state index is 0.0243. The van der Waals surface area contributed by atoms with Gasteiger partial charge in [-0.2, -0.15) is 0 Å². The maximum absolute atomic E-state index is 6.11. The molecule has 0 bridgehead atoms. The molecule has 0 amide bonds. The van der Waals surface area contributed by atoms with Crippen molar-refractivity contribution in [3.05, 3.63) is 24.0 Å². The van der Waals surface area contributed by atoms with Crippen LogP contribution in [0, 0.1) is 0 Å². The van der Waals surface area contributed by atoms with Crippen molar-refractivity contribution in [1.29, 1.82) is 0 Å². The number of nitrogen functional groups attached to an aromatic ring is 1. The van der Waals surface area contributed by atoms with E-state index >= 15 is 0 Å². The largest absolute Gasteiger partial charge is 0.397 e. The molecule has 1 fully saturated rings. The molecule has 0 radical (unpaired) electrons. The van der Waals surface area contributed by atoms with Gasteiger partial charge in [-0.3, -0.25) is 0 Å². The number of hydrogen-bond donors (Lipinski definition) is 1. The summed E-state index contributed by atoms with van der Waals surface area (Å²) in [6.45, 7) is 11.2. The molecule has 1 aliphatic rings. The van der Waals surface area contributed by atoms with Gasteiger partial charge in [0, 0.05) is 18.5 Å². The Morgan fingerprint density at radius 2 is 1.86 bits per heavy atom. The van der Waals surface area contributed by atoms with Crippen molar-refractivity contribution in [3.63, 3.8) is 0 Å². The van der Waals surface area contributed by atoms with Crippen LogP contribution in [0.3, 0.4) is 0 Å². The molecule has 1 saturated heterocycles. The molecule has 2 aromatic rings. The summed E-state index contributed by atoms with van der Waals surface area (Å²) < 4.78 is 2.37. The van der Waals surface area contributed by atoms with E-state index in [0.29, 0.717) is 0 Å². The van der Waals surface area contributed by atoms with Gasteiger partial charge >= 0.3 is 0 Å². The molecule has 0 unspecified atom stereocenters. The van der Waals surface area contributed by atoms with Crippen LogP contribution in [0.25, 0.3) is 11.0 Å². The van der Waals surface area contributed by atoms with E-state index in [4.69, 9.17) is 10.7 Å². The van der Waals surface area contributed by atoms with Crippen LogP contribution in [0.5, 0.6) is 0 Å². The molecule has 3 rings (SSSR count). The lowest BCUT2D eigenvalue weighted by Crippen LogP contribution is -2.27. The summed E-state index contributed by atoms with van der Waals surface area (Å²) in [5, 5.41) is 0. The number of imidazole rings is 1. The number of likely N-dealkylation sites (tertiary alicyclic amines) is 1. The first-order chi connectivity index (χ1) is 9.97. The zero-order valence-electron chi connectivity index (χ0n) is 13.4. The molecule has 21 heavy (non-hydrogen) atoms. The number of nitrogens with two attached hydrogens (primary N) is 1. The molecule has 1 aromatic heterocycles. The van der Waals surface area contributed by atoms with Gasteiger partial charge in [-0.05, 0) is 38.1 Å². The molecule has 0 atom stereocenters. The first-order valence-corrected chi connectivity index (χ1v) is 7.94. The molecule has 4 nitrogen and oxygen atoms in total. The van der Waals surface area contributed by atoms with Crippen molar-refractivity contribution < 1.29 is 0 Å². The zero-order valence-corrected chi connectivity index (χ0v) is 13.4. The summed E-state index contributed by atoms with van der Waals surface area (Å²) in [5.41, 5.74) is 9.03. The third-order valence-electron chi connectivity index (χ3n) is 4.32. The number of rotatable bonds is 3. The van der Waals surface area contributed by atoms with Crippen molar-refractivity contribution >= 4 is 16.7 Å². The van der Waals surface area contributed by atoms with Gasteiger partial charge in [0.25, 0.3) is 0 Å². The maximum Gasteiger partial charge on any atom is 0.115 e. The lowest BCUT2D eigenvalue weighted by atomic mass is 9.95. The maximum atomic E-state index is 6.11. The van der Waals surface area contributed by atoms with E-state index in [1.807, 2.05) is 12.1 Å². The molecule has 2 heterocycles. The molecule has 0 aliphatic carbocycles. The van der Waals surface area contributed by atoms with E-state index in [1.54, 1.807) is 0 Å². The second-order valence-corrected chi connectivity index (χ2v) is 7.10. The molecule has 0 spiro atoms. The minimum absolute atomic E-state index is 0.0243. The Bertz CT molecular complexity index is 630. The average molecular weight is 286 g/mol. The van der Waals surface area contributed by atoms with Gasteiger partial charge in [0.15, 0.2) is 0 Å². The van der Waals surface area contributed by atoms with Gasteiger partial charge in [-0.25, -0.2) is 4.98 Å². The minimum Gasteiger partial charge on any atom is -0.397 e. The Labute approximate surface area is 126 Å². The fourth-order valence-corrected chi connectivity index (χ4v) is 3.22. The third-order valence-corrected chi connectivity index (χ3v) is 4.32. The molecular weight excluding hydrogens is 260 g/mol. The normalized spacial score (nSPS) is 16.9. The van der Waals surface area contributed by atoms with E-state index in [-0.39, 0.29) is 5.41 Å². The highest BCUT2D eigenvalue weighted by molar-refractivity contribution is 5.87. The number of benzene rings is 1. The second-order valence-electron chi connectivity index (χ2n) is 7.10. The van der Waals surface area contributed by atoms with E-state index in [9.17, 15) is 0 Å². The summed E-state index contributed by atoms with van der Waals surface area (Å²) >= 11 is 0. The van der Waals surface area contributed by atoms with Crippen molar-refractivity contribution in [2.75, 3.05) is 25.4 Å². The molecule has 4 heteroatoms. The number of nitrogens with zero attached hydrogens (tertiary/aromatic N) is 3. The lowest BCUT2D eigenvalue weighted by Gasteiger charge is -2.22. The average Bonchev–Trinajstić information content (AvgIpc) is 3.03. The molecule has 2 N–H and O–H groups in total. The predicted molar refractivity (Wildman–Crippen MR) is 88.5 cm³/mol. The van der Waals surface area contributed by atoms with Gasteiger partial charge < -0.3 is 15.2 Å². The zero-order chi connectivity index (χ0) is 15.0. The van der Waals surface area contributed by atoms with Gasteiger partial charge in [0.05, 0.1) is 11.2 Å². The van der Waals surface area contributed by atoms with Crippen molar-refractivity contribution in [3.8, 4) is 0 Å². The quantitative estimate of drug-likeness (QED) is 0.882. The Morgan fingerprint density at radius 1 is 1.14 bits per heavy atom. The van der Waals surface area contributed by atoms with Gasteiger partial charge in [0.1, 0.15) is 11.3 Å². The Morgan fingerprint density at radius 3 is 2.52 bits per heavy atom. The SMILES string of the molecule is CC(C)(C)c1nc2c(N)cccc2n1CCN1CCCC1. The first kappa shape index (κ1) is 14.4. The number of hydrogen-bond acceptors (Lipinski definition) is 3.